The van der Waals surface area contributed by atoms with E-state index >= 15 is 0 Å². The van der Waals surface area contributed by atoms with Crippen molar-refractivity contribution in [2.45, 2.75) is 25.8 Å². The first kappa shape index (κ1) is 22.6. The smallest absolute Gasteiger partial charge is 0.326 e. The molecule has 0 radical (unpaired) electrons. The van der Waals surface area contributed by atoms with Crippen molar-refractivity contribution in [3.05, 3.63) is 21.8 Å². The number of amides is 3. The maximum atomic E-state index is 13.2. The van der Waals surface area contributed by atoms with Crippen molar-refractivity contribution in [3.63, 3.8) is 0 Å². The number of carboxylic acid groups (broad SMARTS) is 1. The van der Waals surface area contributed by atoms with Gasteiger partial charge >= 0.3 is 5.97 Å². The number of rotatable bonds is 4. The second-order valence-electron chi connectivity index (χ2n) is 5.82. The Morgan fingerprint density at radius 3 is 2.19 bits per heavy atom. The van der Waals surface area contributed by atoms with E-state index in [2.05, 4.69) is 10.6 Å². The van der Waals surface area contributed by atoms with Crippen LogP contribution in [0.1, 0.15) is 40.5 Å². The highest BCUT2D eigenvalue weighted by atomic mass is 127. The molecule has 0 saturated carbocycles. The first-order valence-corrected chi connectivity index (χ1v) is 11.1. The fraction of sp³-hybridized carbons (Fsp3) is 0.375. The van der Waals surface area contributed by atoms with Gasteiger partial charge in [0.05, 0.1) is 24.0 Å². The number of hydrogen-bond donors (Lipinski definition) is 3. The van der Waals surface area contributed by atoms with E-state index in [0.29, 0.717) is 35.8 Å². The summed E-state index contributed by atoms with van der Waals surface area (Å²) in [5.41, 5.74) is 0.876. The highest BCUT2D eigenvalue weighted by Crippen LogP contribution is 2.37. The molecule has 0 spiro atoms. The second kappa shape index (κ2) is 9.19. The molecular formula is C16H16I3N3O5. The molecule has 27 heavy (non-hydrogen) atoms. The van der Waals surface area contributed by atoms with Crippen molar-refractivity contribution in [2.24, 2.45) is 0 Å². The number of halogens is 3. The topological polar surface area (TPSA) is 116 Å². The van der Waals surface area contributed by atoms with Crippen LogP contribution in [0.5, 0.6) is 0 Å². The minimum absolute atomic E-state index is 0.229. The summed E-state index contributed by atoms with van der Waals surface area (Å²) in [6, 6.07) is -0.893. The first-order chi connectivity index (χ1) is 12.6. The molecule has 1 atom stereocenters. The van der Waals surface area contributed by atoms with Gasteiger partial charge in [-0.1, -0.05) is 0 Å². The van der Waals surface area contributed by atoms with Crippen LogP contribution in [0.4, 0.5) is 5.69 Å². The Morgan fingerprint density at radius 2 is 1.67 bits per heavy atom. The Balaban J connectivity index is 2.71. The van der Waals surface area contributed by atoms with Crippen molar-refractivity contribution in [1.29, 1.82) is 0 Å². The molecule has 8 nitrogen and oxygen atoms in total. The molecule has 2 rings (SSSR count). The summed E-state index contributed by atoms with van der Waals surface area (Å²) in [5, 5.41) is 14.6. The largest absolute Gasteiger partial charge is 0.480 e. The van der Waals surface area contributed by atoms with Gasteiger partial charge in [0.25, 0.3) is 11.8 Å². The van der Waals surface area contributed by atoms with E-state index in [0.717, 1.165) is 0 Å². The van der Waals surface area contributed by atoms with E-state index in [1.807, 2.05) is 67.8 Å². The monoisotopic (exact) mass is 711 g/mol. The van der Waals surface area contributed by atoms with E-state index in [4.69, 9.17) is 0 Å². The summed E-state index contributed by atoms with van der Waals surface area (Å²) in [4.78, 5) is 50.1. The van der Waals surface area contributed by atoms with Crippen LogP contribution in [0.3, 0.4) is 0 Å². The summed E-state index contributed by atoms with van der Waals surface area (Å²) < 4.78 is 1.42. The average Bonchev–Trinajstić information content (AvgIpc) is 3.08. The van der Waals surface area contributed by atoms with Gasteiger partial charge in [0.15, 0.2) is 0 Å². The molecule has 1 aromatic carbocycles. The number of aliphatic carboxylic acids is 1. The van der Waals surface area contributed by atoms with E-state index < -0.39 is 23.8 Å². The van der Waals surface area contributed by atoms with E-state index in [-0.39, 0.29) is 17.0 Å². The van der Waals surface area contributed by atoms with Crippen molar-refractivity contribution in [1.82, 2.24) is 10.2 Å². The molecule has 3 amide bonds. The van der Waals surface area contributed by atoms with Gasteiger partial charge in [-0.05, 0) is 80.6 Å². The van der Waals surface area contributed by atoms with E-state index in [9.17, 15) is 24.3 Å². The molecule has 1 heterocycles. The van der Waals surface area contributed by atoms with Crippen LogP contribution < -0.4 is 10.6 Å². The molecule has 0 aromatic heterocycles. The third kappa shape index (κ3) is 4.49. The van der Waals surface area contributed by atoms with Crippen LogP contribution in [0, 0.1) is 10.7 Å². The number of nitrogens with zero attached hydrogens (tertiary/aromatic N) is 1. The molecular weight excluding hydrogens is 695 g/mol. The summed E-state index contributed by atoms with van der Waals surface area (Å²) in [7, 11) is 1.48. The van der Waals surface area contributed by atoms with E-state index in [1.54, 1.807) is 0 Å². The molecule has 1 aliphatic heterocycles. The van der Waals surface area contributed by atoms with Gasteiger partial charge in [-0.25, -0.2) is 4.79 Å². The van der Waals surface area contributed by atoms with Gasteiger partial charge < -0.3 is 20.6 Å². The number of benzene rings is 1. The average molecular weight is 711 g/mol. The maximum Gasteiger partial charge on any atom is 0.326 e. The molecule has 0 bridgehead atoms. The molecule has 1 fully saturated rings. The van der Waals surface area contributed by atoms with Crippen LogP contribution in [0.2, 0.25) is 0 Å². The van der Waals surface area contributed by atoms with Crippen molar-refractivity contribution >= 4 is 97.2 Å². The Morgan fingerprint density at radius 1 is 1.07 bits per heavy atom. The van der Waals surface area contributed by atoms with Crippen molar-refractivity contribution in [3.8, 4) is 0 Å². The number of carbonyl (C=O) groups excluding carboxylic acids is 3. The normalized spacial score (nSPS) is 16.2. The Labute approximate surface area is 196 Å². The number of likely N-dealkylation sites (tertiary alicyclic amines) is 1. The molecule has 146 valence electrons. The first-order valence-electron chi connectivity index (χ1n) is 7.85. The lowest BCUT2D eigenvalue weighted by Gasteiger charge is -2.25. The lowest BCUT2D eigenvalue weighted by Crippen LogP contribution is -2.41. The number of nitrogens with one attached hydrogen (secondary N) is 2. The predicted octanol–water partition coefficient (Wildman–Crippen LogP) is 2.51. The van der Waals surface area contributed by atoms with Crippen molar-refractivity contribution < 1.29 is 24.3 Å². The van der Waals surface area contributed by atoms with Crippen LogP contribution in [-0.4, -0.2) is 53.3 Å². The van der Waals surface area contributed by atoms with Crippen LogP contribution in [0.25, 0.3) is 0 Å². The number of carboxylic acids is 1. The number of hydrogen-bond acceptors (Lipinski definition) is 4. The maximum absolute atomic E-state index is 13.2. The zero-order chi connectivity index (χ0) is 20.5. The lowest BCUT2D eigenvalue weighted by atomic mass is 10.1. The van der Waals surface area contributed by atoms with Gasteiger partial charge in [-0.3, -0.25) is 14.4 Å². The molecule has 0 unspecified atom stereocenters. The third-order valence-corrected chi connectivity index (χ3v) is 7.32. The standard InChI is InChI=1S/C16H16I3N3O5/c1-6(23)21-13-11(18)8(14(24)20-2)10(17)9(12(13)19)15(25)22-5-3-4-7(22)16(26)27/h7H,3-5H2,1-2H3,(H,20,24)(H,21,23)(H,26,27)/t7-/m0/s1. The van der Waals surface area contributed by atoms with Crippen LogP contribution >= 0.6 is 67.8 Å². The minimum atomic E-state index is -1.05. The zero-order valence-electron chi connectivity index (χ0n) is 14.4. The Hall–Kier alpha value is -0.710. The van der Waals surface area contributed by atoms with Gasteiger partial charge in [-0.15, -0.1) is 0 Å². The zero-order valence-corrected chi connectivity index (χ0v) is 20.8. The molecule has 0 aliphatic carbocycles. The third-order valence-electron chi connectivity index (χ3n) is 4.08. The fourth-order valence-electron chi connectivity index (χ4n) is 2.87. The Bertz CT molecular complexity index is 843. The van der Waals surface area contributed by atoms with Gasteiger partial charge in [0.2, 0.25) is 5.91 Å². The van der Waals surface area contributed by atoms with Crippen LogP contribution in [-0.2, 0) is 9.59 Å². The molecule has 11 heteroatoms. The molecule has 3 N–H and O–H groups in total. The minimum Gasteiger partial charge on any atom is -0.480 e. The quantitative estimate of drug-likeness (QED) is 0.416. The highest BCUT2D eigenvalue weighted by molar-refractivity contribution is 14.1. The van der Waals surface area contributed by atoms with Crippen LogP contribution in [0.15, 0.2) is 0 Å². The molecule has 1 saturated heterocycles. The van der Waals surface area contributed by atoms with Gasteiger partial charge in [-0.2, -0.15) is 0 Å². The summed E-state index contributed by atoms with van der Waals surface area (Å²) in [5.74, 6) is -2.23. The second-order valence-corrected chi connectivity index (χ2v) is 9.06. The fourth-order valence-corrected chi connectivity index (χ4v) is 7.26. The van der Waals surface area contributed by atoms with E-state index in [1.165, 1.54) is 18.9 Å². The van der Waals surface area contributed by atoms with Gasteiger partial charge in [0, 0.05) is 24.1 Å². The summed E-state index contributed by atoms with van der Waals surface area (Å²) >= 11 is 5.85. The predicted molar refractivity (Wildman–Crippen MR) is 124 cm³/mol. The lowest BCUT2D eigenvalue weighted by molar-refractivity contribution is -0.141. The van der Waals surface area contributed by atoms with Gasteiger partial charge in [0.1, 0.15) is 6.04 Å². The molecule has 1 aliphatic rings. The number of anilines is 1. The number of carbonyl (C=O) groups is 4. The summed E-state index contributed by atoms with van der Waals surface area (Å²) in [6.07, 6.45) is 0.987. The Kier molecular flexibility index (Phi) is 7.69. The molecule has 1 aromatic rings. The summed E-state index contributed by atoms with van der Waals surface area (Å²) in [6.45, 7) is 1.67. The highest BCUT2D eigenvalue weighted by Gasteiger charge is 2.37. The van der Waals surface area contributed by atoms with Crippen molar-refractivity contribution in [2.75, 3.05) is 18.9 Å². The SMILES string of the molecule is CNC(=O)c1c(I)c(NC(C)=O)c(I)c(C(=O)N2CCC[C@H]2C(=O)O)c1I.